The van der Waals surface area contributed by atoms with E-state index in [0.29, 0.717) is 0 Å². The van der Waals surface area contributed by atoms with Crippen molar-refractivity contribution in [2.75, 3.05) is 20.6 Å². The molecule has 0 rings (SSSR count). The summed E-state index contributed by atoms with van der Waals surface area (Å²) in [5.74, 6) is 0.933. The molecule has 0 aliphatic rings. The van der Waals surface area contributed by atoms with E-state index in [1.54, 1.807) is 0 Å². The number of hydrogen-bond acceptors (Lipinski definition) is 1. The van der Waals surface area contributed by atoms with E-state index in [0.717, 1.165) is 5.92 Å². The van der Waals surface area contributed by atoms with Crippen LogP contribution in [-0.2, 0) is 0 Å². The van der Waals surface area contributed by atoms with E-state index >= 15 is 0 Å². The molecule has 0 radical (unpaired) electrons. The molecule has 0 aromatic heterocycles. The zero-order valence-electron chi connectivity index (χ0n) is 30.5. The zero-order chi connectivity index (χ0) is 30.6. The fourth-order valence-electron chi connectivity index (χ4n) is 6.98. The lowest BCUT2D eigenvalue weighted by atomic mass is 9.93. The van der Waals surface area contributed by atoms with Crippen molar-refractivity contribution in [1.29, 1.82) is 0 Å². The fourth-order valence-corrected chi connectivity index (χ4v) is 6.98. The van der Waals surface area contributed by atoms with Crippen molar-refractivity contribution in [1.82, 2.24) is 4.90 Å². The highest BCUT2D eigenvalue weighted by molar-refractivity contribution is 4.64. The molecule has 0 saturated heterocycles. The lowest BCUT2D eigenvalue weighted by molar-refractivity contribution is 0.286. The third-order valence-corrected chi connectivity index (χ3v) is 9.81. The Morgan fingerprint density at radius 2 is 0.476 bits per heavy atom. The van der Waals surface area contributed by atoms with Gasteiger partial charge in [0.25, 0.3) is 0 Å². The molecule has 42 heavy (non-hydrogen) atoms. The largest absolute Gasteiger partial charge is 0.309 e. The first kappa shape index (κ1) is 42.0. The lowest BCUT2D eigenvalue weighted by Crippen LogP contribution is -2.21. The Balaban J connectivity index is 3.45. The molecule has 0 N–H and O–H groups in total. The van der Waals surface area contributed by atoms with E-state index < -0.39 is 0 Å². The molecule has 1 heteroatoms. The Bertz CT molecular complexity index is 458. The van der Waals surface area contributed by atoms with E-state index in [1.807, 2.05) is 0 Å². The zero-order valence-corrected chi connectivity index (χ0v) is 30.5. The summed E-state index contributed by atoms with van der Waals surface area (Å²) >= 11 is 0. The van der Waals surface area contributed by atoms with Crippen LogP contribution in [0.3, 0.4) is 0 Å². The van der Waals surface area contributed by atoms with E-state index in [1.165, 1.54) is 231 Å². The highest BCUT2D eigenvalue weighted by Crippen LogP contribution is 2.21. The fraction of sp³-hybridized carbons (Fsp3) is 1.00. The summed E-state index contributed by atoms with van der Waals surface area (Å²) in [6.45, 7) is 5.92. The van der Waals surface area contributed by atoms with Gasteiger partial charge in [0.1, 0.15) is 0 Å². The number of unbranched alkanes of at least 4 members (excludes halogenated alkanes) is 31. The summed E-state index contributed by atoms with van der Waals surface area (Å²) in [7, 11) is 4.55. The molecule has 0 aliphatic heterocycles. The Labute approximate surface area is 269 Å². The first-order chi connectivity index (χ1) is 20.7. The van der Waals surface area contributed by atoms with Gasteiger partial charge in [0, 0.05) is 6.54 Å². The highest BCUT2D eigenvalue weighted by Gasteiger charge is 2.10. The summed E-state index contributed by atoms with van der Waals surface area (Å²) < 4.78 is 0. The second-order valence-corrected chi connectivity index (χ2v) is 14.7. The molecule has 0 saturated carbocycles. The van der Waals surface area contributed by atoms with Crippen molar-refractivity contribution in [3.05, 3.63) is 0 Å². The van der Waals surface area contributed by atoms with Crippen LogP contribution in [0.1, 0.15) is 239 Å². The van der Waals surface area contributed by atoms with Gasteiger partial charge in [0.15, 0.2) is 0 Å². The van der Waals surface area contributed by atoms with Gasteiger partial charge < -0.3 is 4.90 Å². The Morgan fingerprint density at radius 1 is 0.286 bits per heavy atom. The highest BCUT2D eigenvalue weighted by atomic mass is 15.1. The predicted molar refractivity (Wildman–Crippen MR) is 195 cm³/mol. The molecule has 0 heterocycles. The van der Waals surface area contributed by atoms with Gasteiger partial charge in [-0.15, -0.1) is 0 Å². The molecule has 0 amide bonds. The van der Waals surface area contributed by atoms with Gasteiger partial charge in [-0.25, -0.2) is 0 Å². The van der Waals surface area contributed by atoms with Gasteiger partial charge >= 0.3 is 0 Å². The van der Waals surface area contributed by atoms with Crippen molar-refractivity contribution in [2.45, 2.75) is 239 Å². The van der Waals surface area contributed by atoms with Crippen molar-refractivity contribution in [2.24, 2.45) is 5.92 Å². The monoisotopic (exact) mass is 592 g/mol. The summed E-state index contributed by atoms with van der Waals surface area (Å²) in [6, 6.07) is 0. The van der Waals surface area contributed by atoms with Crippen LogP contribution in [0.5, 0.6) is 0 Å². The summed E-state index contributed by atoms with van der Waals surface area (Å²) in [4.78, 5) is 2.44. The third-order valence-electron chi connectivity index (χ3n) is 9.81. The molecule has 0 bridgehead atoms. The minimum atomic E-state index is 0.933. The summed E-state index contributed by atoms with van der Waals surface area (Å²) in [5.41, 5.74) is 0. The molecule has 254 valence electrons. The maximum Gasteiger partial charge on any atom is 0.000356 e. The van der Waals surface area contributed by atoms with Gasteiger partial charge in [-0.2, -0.15) is 0 Å². The van der Waals surface area contributed by atoms with Crippen molar-refractivity contribution >= 4 is 0 Å². The van der Waals surface area contributed by atoms with Crippen LogP contribution in [0.2, 0.25) is 0 Å². The standard InChI is InChI=1S/C41H85N/c1-5-7-9-11-13-15-17-19-21-23-25-27-29-31-33-35-37-39-41(40-42(3)4)38-36-34-32-30-28-26-24-22-20-18-16-14-12-10-8-6-2/h41H,5-40H2,1-4H3. The van der Waals surface area contributed by atoms with Crippen LogP contribution in [0.4, 0.5) is 0 Å². The van der Waals surface area contributed by atoms with Crippen LogP contribution in [0, 0.1) is 5.92 Å². The molecular weight excluding hydrogens is 506 g/mol. The molecule has 1 unspecified atom stereocenters. The van der Waals surface area contributed by atoms with Crippen molar-refractivity contribution < 1.29 is 0 Å². The predicted octanol–water partition coefficient (Wildman–Crippen LogP) is 14.9. The quantitative estimate of drug-likeness (QED) is 0.0649. The van der Waals surface area contributed by atoms with Gasteiger partial charge in [-0.05, 0) is 32.9 Å². The molecule has 0 aromatic carbocycles. The number of hydrogen-bond donors (Lipinski definition) is 0. The second-order valence-electron chi connectivity index (χ2n) is 14.7. The summed E-state index contributed by atoms with van der Waals surface area (Å²) in [6.07, 6.45) is 51.5. The number of rotatable bonds is 37. The normalized spacial score (nSPS) is 12.5. The van der Waals surface area contributed by atoms with Crippen LogP contribution in [-0.4, -0.2) is 25.5 Å². The van der Waals surface area contributed by atoms with Gasteiger partial charge in [-0.3, -0.25) is 0 Å². The molecular formula is C41H85N. The second kappa shape index (κ2) is 37.1. The van der Waals surface area contributed by atoms with Crippen LogP contribution in [0.15, 0.2) is 0 Å². The van der Waals surface area contributed by atoms with E-state index in [9.17, 15) is 0 Å². The first-order valence-electron chi connectivity index (χ1n) is 20.3. The maximum absolute atomic E-state index is 2.44. The van der Waals surface area contributed by atoms with Crippen LogP contribution < -0.4 is 0 Å². The van der Waals surface area contributed by atoms with Gasteiger partial charge in [-0.1, -0.05) is 226 Å². The molecule has 0 aliphatic carbocycles. The molecule has 1 atom stereocenters. The molecule has 0 aromatic rings. The van der Waals surface area contributed by atoms with Crippen LogP contribution in [0.25, 0.3) is 0 Å². The molecule has 1 nitrogen and oxygen atoms in total. The Morgan fingerprint density at radius 3 is 0.667 bits per heavy atom. The van der Waals surface area contributed by atoms with E-state index in [-0.39, 0.29) is 0 Å². The maximum atomic E-state index is 2.44. The molecule has 0 fully saturated rings. The van der Waals surface area contributed by atoms with Gasteiger partial charge in [0.05, 0.1) is 0 Å². The van der Waals surface area contributed by atoms with Gasteiger partial charge in [0.2, 0.25) is 0 Å². The Hall–Kier alpha value is -0.0400. The summed E-state index contributed by atoms with van der Waals surface area (Å²) in [5, 5.41) is 0. The first-order valence-corrected chi connectivity index (χ1v) is 20.3. The minimum Gasteiger partial charge on any atom is -0.309 e. The van der Waals surface area contributed by atoms with E-state index in [2.05, 4.69) is 32.8 Å². The molecule has 0 spiro atoms. The average molecular weight is 592 g/mol. The van der Waals surface area contributed by atoms with E-state index in [4.69, 9.17) is 0 Å². The average Bonchev–Trinajstić information content (AvgIpc) is 2.98. The SMILES string of the molecule is CCCCCCCCCCCCCCCCCCCC(CCCCCCCCCCCCCCCCCC)CN(C)C. The van der Waals surface area contributed by atoms with Crippen molar-refractivity contribution in [3.63, 3.8) is 0 Å². The number of nitrogens with zero attached hydrogens (tertiary/aromatic N) is 1. The smallest absolute Gasteiger partial charge is 0.000356 e. The lowest BCUT2D eigenvalue weighted by Gasteiger charge is -2.21. The third kappa shape index (κ3) is 36.2. The topological polar surface area (TPSA) is 3.24 Å². The van der Waals surface area contributed by atoms with Crippen LogP contribution >= 0.6 is 0 Å². The van der Waals surface area contributed by atoms with Crippen molar-refractivity contribution in [3.8, 4) is 0 Å². The Kier molecular flexibility index (Phi) is 37.1. The minimum absolute atomic E-state index is 0.933.